The normalized spacial score (nSPS) is 11.6. The summed E-state index contributed by atoms with van der Waals surface area (Å²) in [5.74, 6) is 0. The second-order valence-electron chi connectivity index (χ2n) is 5.52. The van der Waals surface area contributed by atoms with Gasteiger partial charge >= 0.3 is 0 Å². The molecule has 2 heterocycles. The lowest BCUT2D eigenvalue weighted by atomic mass is 10.1. The lowest BCUT2D eigenvalue weighted by molar-refractivity contribution is 0.424. The van der Waals surface area contributed by atoms with Crippen LogP contribution >= 0.6 is 27.7 Å². The van der Waals surface area contributed by atoms with Gasteiger partial charge in [-0.05, 0) is 60.5 Å². The topological polar surface area (TPSA) is 37.8 Å². The molecule has 0 saturated carbocycles. The summed E-state index contributed by atoms with van der Waals surface area (Å²) in [5.41, 5.74) is 1.31. The predicted molar refractivity (Wildman–Crippen MR) is 86.9 cm³/mol. The molecule has 0 saturated heterocycles. The first-order valence-electron chi connectivity index (χ1n) is 6.42. The quantitative estimate of drug-likeness (QED) is 0.891. The Morgan fingerprint density at radius 2 is 1.70 bits per heavy atom. The van der Waals surface area contributed by atoms with Crippen LogP contribution in [-0.4, -0.2) is 15.5 Å². The van der Waals surface area contributed by atoms with Gasteiger partial charge in [-0.2, -0.15) is 0 Å². The molecule has 2 aromatic rings. The molecule has 0 radical (unpaired) electrons. The number of hydrogen-bond donors (Lipinski definition) is 1. The van der Waals surface area contributed by atoms with Crippen LogP contribution in [0.4, 0.5) is 0 Å². The van der Waals surface area contributed by atoms with Gasteiger partial charge in [-0.1, -0.05) is 17.8 Å². The van der Waals surface area contributed by atoms with Crippen LogP contribution in [0.15, 0.2) is 51.2 Å². The summed E-state index contributed by atoms with van der Waals surface area (Å²) in [6.45, 7) is 7.30. The Morgan fingerprint density at radius 3 is 2.20 bits per heavy atom. The maximum atomic E-state index is 4.47. The second-order valence-corrected chi connectivity index (χ2v) is 7.48. The highest BCUT2D eigenvalue weighted by Crippen LogP contribution is 2.24. The third-order valence-electron chi connectivity index (χ3n) is 2.53. The van der Waals surface area contributed by atoms with Crippen molar-refractivity contribution in [2.45, 2.75) is 42.9 Å². The zero-order valence-electron chi connectivity index (χ0n) is 11.9. The van der Waals surface area contributed by atoms with Gasteiger partial charge < -0.3 is 5.32 Å². The first kappa shape index (κ1) is 15.5. The maximum Gasteiger partial charge on any atom is 0.102 e. The Morgan fingerprint density at radius 1 is 1.05 bits per heavy atom. The van der Waals surface area contributed by atoms with Crippen LogP contribution < -0.4 is 5.32 Å². The minimum Gasteiger partial charge on any atom is -0.308 e. The first-order valence-corrected chi connectivity index (χ1v) is 8.03. The fraction of sp³-hybridized carbons (Fsp3) is 0.333. The van der Waals surface area contributed by atoms with Gasteiger partial charge in [-0.25, -0.2) is 9.97 Å². The van der Waals surface area contributed by atoms with Crippen LogP contribution in [0.5, 0.6) is 0 Å². The highest BCUT2D eigenvalue weighted by molar-refractivity contribution is 9.10. The lowest BCUT2D eigenvalue weighted by Gasteiger charge is -2.20. The second kappa shape index (κ2) is 6.70. The van der Waals surface area contributed by atoms with Gasteiger partial charge in [-0.3, -0.25) is 0 Å². The van der Waals surface area contributed by atoms with Crippen molar-refractivity contribution in [3.05, 3.63) is 46.7 Å². The molecule has 20 heavy (non-hydrogen) atoms. The zero-order valence-corrected chi connectivity index (χ0v) is 14.3. The van der Waals surface area contributed by atoms with E-state index in [1.807, 2.05) is 24.4 Å². The average molecular weight is 352 g/mol. The fourth-order valence-electron chi connectivity index (χ4n) is 1.47. The van der Waals surface area contributed by atoms with Crippen LogP contribution in [0.2, 0.25) is 0 Å². The Kier molecular flexibility index (Phi) is 5.18. The van der Waals surface area contributed by atoms with Gasteiger partial charge in [0.1, 0.15) is 10.1 Å². The van der Waals surface area contributed by atoms with Gasteiger partial charge in [0.25, 0.3) is 0 Å². The molecule has 0 fully saturated rings. The van der Waals surface area contributed by atoms with Gasteiger partial charge in [-0.15, -0.1) is 0 Å². The predicted octanol–water partition coefficient (Wildman–Crippen LogP) is 4.28. The molecule has 3 nitrogen and oxygen atoms in total. The molecular formula is C15H18BrN3S. The first-order chi connectivity index (χ1) is 9.42. The number of hydrogen-bond acceptors (Lipinski definition) is 4. The Bertz CT molecular complexity index is 547. The minimum atomic E-state index is 0.120. The molecule has 0 aliphatic heterocycles. The molecule has 0 aliphatic rings. The van der Waals surface area contributed by atoms with E-state index in [1.165, 1.54) is 5.56 Å². The molecule has 106 valence electrons. The molecule has 0 atom stereocenters. The number of pyridine rings is 2. The third-order valence-corrected chi connectivity index (χ3v) is 3.90. The summed E-state index contributed by atoms with van der Waals surface area (Å²) < 4.78 is 0.985. The van der Waals surface area contributed by atoms with Gasteiger partial charge in [0.15, 0.2) is 0 Å². The maximum absolute atomic E-state index is 4.47. The summed E-state index contributed by atoms with van der Waals surface area (Å²) >= 11 is 4.94. The number of nitrogens with zero attached hydrogens (tertiary/aromatic N) is 2. The molecule has 0 unspecified atom stereocenters. The van der Waals surface area contributed by atoms with Gasteiger partial charge in [0.2, 0.25) is 0 Å². The molecule has 0 aliphatic carbocycles. The van der Waals surface area contributed by atoms with Crippen LogP contribution in [0.1, 0.15) is 26.3 Å². The number of rotatable bonds is 4. The zero-order chi connectivity index (χ0) is 14.6. The van der Waals surface area contributed by atoms with E-state index < -0.39 is 0 Å². The highest BCUT2D eigenvalue weighted by Gasteiger charge is 2.08. The Balaban J connectivity index is 1.96. The monoisotopic (exact) mass is 351 g/mol. The molecule has 0 aromatic carbocycles. The molecule has 1 N–H and O–H groups in total. The molecule has 0 bridgehead atoms. The van der Waals surface area contributed by atoms with Gasteiger partial charge in [0, 0.05) is 29.0 Å². The van der Waals surface area contributed by atoms with Gasteiger partial charge in [0.05, 0.1) is 0 Å². The summed E-state index contributed by atoms with van der Waals surface area (Å²) in [6.07, 6.45) is 3.71. The van der Waals surface area contributed by atoms with Crippen LogP contribution in [0.25, 0.3) is 0 Å². The van der Waals surface area contributed by atoms with E-state index in [4.69, 9.17) is 0 Å². The van der Waals surface area contributed by atoms with Crippen molar-refractivity contribution < 1.29 is 0 Å². The van der Waals surface area contributed by atoms with E-state index in [0.29, 0.717) is 0 Å². The van der Waals surface area contributed by atoms with Crippen molar-refractivity contribution in [2.24, 2.45) is 0 Å². The van der Waals surface area contributed by atoms with Crippen molar-refractivity contribution in [3.63, 3.8) is 0 Å². The van der Waals surface area contributed by atoms with E-state index in [1.54, 1.807) is 18.0 Å². The summed E-state index contributed by atoms with van der Waals surface area (Å²) in [6, 6.07) is 8.10. The smallest absolute Gasteiger partial charge is 0.102 e. The van der Waals surface area contributed by atoms with Crippen LogP contribution in [-0.2, 0) is 6.54 Å². The Hall–Kier alpha value is -0.910. The standard InChI is InChI=1S/C15H18BrN3S/c1-15(2,3)19-9-11-4-6-13(17-8-11)20-14-7-5-12(16)10-18-14/h4-8,10,19H,9H2,1-3H3. The van der Waals surface area contributed by atoms with E-state index in [2.05, 4.69) is 58.1 Å². The molecule has 2 rings (SSSR count). The van der Waals surface area contributed by atoms with Crippen LogP contribution in [0, 0.1) is 0 Å². The molecule has 0 amide bonds. The molecule has 5 heteroatoms. The summed E-state index contributed by atoms with van der Waals surface area (Å²) in [7, 11) is 0. The van der Waals surface area contributed by atoms with E-state index in [-0.39, 0.29) is 5.54 Å². The highest BCUT2D eigenvalue weighted by atomic mass is 79.9. The summed E-state index contributed by atoms with van der Waals surface area (Å²) in [5, 5.41) is 5.35. The molecule has 2 aromatic heterocycles. The summed E-state index contributed by atoms with van der Waals surface area (Å²) in [4.78, 5) is 8.80. The minimum absolute atomic E-state index is 0.120. The molecule has 0 spiro atoms. The van der Waals surface area contributed by atoms with Crippen molar-refractivity contribution in [1.29, 1.82) is 0 Å². The van der Waals surface area contributed by atoms with Crippen molar-refractivity contribution >= 4 is 27.7 Å². The largest absolute Gasteiger partial charge is 0.308 e. The van der Waals surface area contributed by atoms with E-state index in [0.717, 1.165) is 21.1 Å². The van der Waals surface area contributed by atoms with Crippen molar-refractivity contribution in [3.8, 4) is 0 Å². The van der Waals surface area contributed by atoms with Crippen molar-refractivity contribution in [2.75, 3.05) is 0 Å². The SMILES string of the molecule is CC(C)(C)NCc1ccc(Sc2ccc(Br)cn2)nc1. The van der Waals surface area contributed by atoms with E-state index in [9.17, 15) is 0 Å². The van der Waals surface area contributed by atoms with Crippen molar-refractivity contribution in [1.82, 2.24) is 15.3 Å². The third kappa shape index (κ3) is 5.23. The Labute approximate surface area is 132 Å². The molecular weight excluding hydrogens is 334 g/mol. The number of aromatic nitrogens is 2. The number of nitrogens with one attached hydrogen (secondary N) is 1. The fourth-order valence-corrected chi connectivity index (χ4v) is 2.40. The lowest BCUT2D eigenvalue weighted by Crippen LogP contribution is -2.35. The van der Waals surface area contributed by atoms with E-state index >= 15 is 0 Å². The van der Waals surface area contributed by atoms with Crippen LogP contribution in [0.3, 0.4) is 0 Å². The average Bonchev–Trinajstić information content (AvgIpc) is 2.40. The number of halogens is 1.